The molecular weight excluding hydrogens is 428 g/mol. The number of carbonyl (C=O) groups excluding carboxylic acids is 1. The van der Waals surface area contributed by atoms with Crippen molar-refractivity contribution in [2.24, 2.45) is 0 Å². The Labute approximate surface area is 198 Å². The van der Waals surface area contributed by atoms with Gasteiger partial charge in [0.15, 0.2) is 0 Å². The van der Waals surface area contributed by atoms with Gasteiger partial charge in [-0.1, -0.05) is 24.3 Å². The summed E-state index contributed by atoms with van der Waals surface area (Å²) in [5.41, 5.74) is 7.58. The van der Waals surface area contributed by atoms with Gasteiger partial charge in [0, 0.05) is 16.9 Å². The van der Waals surface area contributed by atoms with E-state index in [9.17, 15) is 19.8 Å². The third-order valence-electron chi connectivity index (χ3n) is 7.14. The molecule has 0 saturated heterocycles. The Morgan fingerprint density at radius 3 is 2.56 bits per heavy atom. The number of aliphatic hydroxyl groups is 1. The van der Waals surface area contributed by atoms with E-state index < -0.39 is 12.1 Å². The molecule has 1 atom stereocenters. The van der Waals surface area contributed by atoms with Crippen LogP contribution in [0.25, 0.3) is 5.57 Å². The second-order valence-electron chi connectivity index (χ2n) is 9.22. The van der Waals surface area contributed by atoms with Gasteiger partial charge in [0.2, 0.25) is 0 Å². The number of para-hydroxylation sites is 1. The number of nitrogens with zero attached hydrogens (tertiary/aromatic N) is 2. The Kier molecular flexibility index (Phi) is 5.62. The highest BCUT2D eigenvalue weighted by Crippen LogP contribution is 2.35. The molecule has 0 bridgehead atoms. The number of fused-ring (bicyclic) bond motifs is 2. The molecule has 1 aliphatic carbocycles. The lowest BCUT2D eigenvalue weighted by Gasteiger charge is -2.25. The number of aliphatic hydroxyl groups excluding tert-OH is 1. The Bertz CT molecular complexity index is 1330. The molecule has 0 unspecified atom stereocenters. The lowest BCUT2D eigenvalue weighted by Crippen LogP contribution is -2.30. The monoisotopic (exact) mass is 456 g/mol. The predicted molar refractivity (Wildman–Crippen MR) is 131 cm³/mol. The lowest BCUT2D eigenvalue weighted by atomic mass is 9.84. The van der Waals surface area contributed by atoms with E-state index in [0.29, 0.717) is 18.7 Å². The summed E-state index contributed by atoms with van der Waals surface area (Å²) < 4.78 is 1.77. The predicted octanol–water partition coefficient (Wildman–Crippen LogP) is 5.02. The highest BCUT2D eigenvalue weighted by Gasteiger charge is 2.28. The minimum Gasteiger partial charge on any atom is -0.477 e. The number of hydrogen-bond donors (Lipinski definition) is 2. The van der Waals surface area contributed by atoms with Gasteiger partial charge in [-0.3, -0.25) is 4.79 Å². The van der Waals surface area contributed by atoms with Crippen LogP contribution in [0.1, 0.15) is 69.4 Å². The normalized spacial score (nSPS) is 17.7. The molecule has 1 aliphatic heterocycles. The fraction of sp³-hybridized carbons (Fsp3) is 0.286. The summed E-state index contributed by atoms with van der Waals surface area (Å²) in [5, 5.41) is 19.9. The first-order valence-electron chi connectivity index (χ1n) is 11.7. The van der Waals surface area contributed by atoms with E-state index in [-0.39, 0.29) is 11.6 Å². The van der Waals surface area contributed by atoms with Crippen LogP contribution in [0.15, 0.2) is 60.2 Å². The molecule has 0 saturated carbocycles. The first kappa shape index (κ1) is 22.2. The molecule has 1 aromatic heterocycles. The second-order valence-corrected chi connectivity index (χ2v) is 9.22. The maximum absolute atomic E-state index is 13.8. The van der Waals surface area contributed by atoms with Crippen molar-refractivity contribution in [2.75, 3.05) is 4.90 Å². The topological polar surface area (TPSA) is 82.8 Å². The van der Waals surface area contributed by atoms with E-state index in [1.807, 2.05) is 56.3 Å². The summed E-state index contributed by atoms with van der Waals surface area (Å²) in [7, 11) is 0. The summed E-state index contributed by atoms with van der Waals surface area (Å²) >= 11 is 0. The Balaban J connectivity index is 1.53. The Morgan fingerprint density at radius 1 is 1.00 bits per heavy atom. The summed E-state index contributed by atoms with van der Waals surface area (Å²) in [5.74, 6) is -1.10. The molecule has 2 aromatic carbocycles. The number of aromatic carboxylic acids is 1. The van der Waals surface area contributed by atoms with Gasteiger partial charge < -0.3 is 19.7 Å². The van der Waals surface area contributed by atoms with E-state index >= 15 is 0 Å². The van der Waals surface area contributed by atoms with Crippen LogP contribution in [0.4, 0.5) is 5.69 Å². The van der Waals surface area contributed by atoms with Crippen molar-refractivity contribution in [1.29, 1.82) is 0 Å². The molecule has 1 amide bonds. The largest absolute Gasteiger partial charge is 0.477 e. The Morgan fingerprint density at radius 2 is 1.79 bits per heavy atom. The minimum atomic E-state index is -0.979. The van der Waals surface area contributed by atoms with Crippen molar-refractivity contribution in [3.05, 3.63) is 93.8 Å². The summed E-state index contributed by atoms with van der Waals surface area (Å²) in [4.78, 5) is 27.2. The molecular formula is C28H28N2O4. The van der Waals surface area contributed by atoms with Crippen LogP contribution in [-0.4, -0.2) is 32.8 Å². The lowest BCUT2D eigenvalue weighted by molar-refractivity contribution is 0.0685. The van der Waals surface area contributed by atoms with Crippen molar-refractivity contribution in [2.45, 2.75) is 52.3 Å². The van der Waals surface area contributed by atoms with Gasteiger partial charge in [0.05, 0.1) is 19.2 Å². The third-order valence-corrected chi connectivity index (χ3v) is 7.14. The van der Waals surface area contributed by atoms with Crippen molar-refractivity contribution < 1.29 is 19.8 Å². The van der Waals surface area contributed by atoms with Gasteiger partial charge in [-0.2, -0.15) is 0 Å². The van der Waals surface area contributed by atoms with Gasteiger partial charge in [-0.05, 0) is 91.3 Å². The number of carboxylic acid groups (broad SMARTS) is 1. The van der Waals surface area contributed by atoms with Crippen molar-refractivity contribution >= 4 is 23.1 Å². The average molecular weight is 457 g/mol. The number of hydrogen-bond acceptors (Lipinski definition) is 3. The van der Waals surface area contributed by atoms with Crippen LogP contribution in [0.3, 0.4) is 0 Å². The molecule has 0 spiro atoms. The molecule has 2 heterocycles. The highest BCUT2D eigenvalue weighted by molar-refractivity contribution is 6.07. The number of amides is 1. The van der Waals surface area contributed by atoms with Crippen molar-refractivity contribution in [3.63, 3.8) is 0 Å². The summed E-state index contributed by atoms with van der Waals surface area (Å²) in [6.07, 6.45) is 2.28. The highest BCUT2D eigenvalue weighted by atomic mass is 16.4. The zero-order valence-corrected chi connectivity index (χ0v) is 19.4. The molecule has 2 N–H and O–H groups in total. The van der Waals surface area contributed by atoms with Crippen molar-refractivity contribution in [3.8, 4) is 0 Å². The van der Waals surface area contributed by atoms with Gasteiger partial charge >= 0.3 is 5.97 Å². The smallest absolute Gasteiger partial charge is 0.352 e. The van der Waals surface area contributed by atoms with E-state index in [1.54, 1.807) is 21.6 Å². The fourth-order valence-electron chi connectivity index (χ4n) is 5.25. The van der Waals surface area contributed by atoms with E-state index in [1.165, 1.54) is 5.57 Å². The molecule has 3 aromatic rings. The summed E-state index contributed by atoms with van der Waals surface area (Å²) in [6.45, 7) is 4.69. The van der Waals surface area contributed by atoms with E-state index in [4.69, 9.17) is 0 Å². The number of rotatable bonds is 3. The molecule has 0 radical (unpaired) electrons. The van der Waals surface area contributed by atoms with E-state index in [2.05, 4.69) is 0 Å². The Hall–Kier alpha value is -3.64. The summed E-state index contributed by atoms with van der Waals surface area (Å²) in [6, 6.07) is 16.8. The number of allylic oxidation sites excluding steroid dienone is 1. The number of carbonyl (C=O) groups is 2. The molecule has 34 heavy (non-hydrogen) atoms. The molecule has 2 aliphatic rings. The standard InChI is InChI=1S/C28H28N2O4/c1-17-14-19(10-12-22(17)23-7-5-9-26(31)18(23)2)27(32)30-16-21-11-13-25(28(33)34)29(21)15-20-6-3-4-8-24(20)30/h3-4,6,8,10-14,26,31H,5,7,9,15-16H2,1-2H3,(H,33,34)/t26-/m1/s1. The number of aryl methyl sites for hydroxylation is 1. The molecule has 0 fully saturated rings. The molecule has 6 heteroatoms. The fourth-order valence-corrected chi connectivity index (χ4v) is 5.25. The van der Waals surface area contributed by atoms with Gasteiger partial charge in [-0.15, -0.1) is 0 Å². The van der Waals surface area contributed by atoms with Crippen LogP contribution in [0.5, 0.6) is 0 Å². The zero-order chi connectivity index (χ0) is 24.0. The SMILES string of the molecule is CC1=C(c2ccc(C(=O)N3Cc4ccc(C(=O)O)n4Cc4ccccc43)cc2C)CCC[C@H]1O. The van der Waals surface area contributed by atoms with Crippen molar-refractivity contribution in [1.82, 2.24) is 4.57 Å². The van der Waals surface area contributed by atoms with Gasteiger partial charge in [0.25, 0.3) is 5.91 Å². The quantitative estimate of drug-likeness (QED) is 0.580. The van der Waals surface area contributed by atoms with Gasteiger partial charge in [0.1, 0.15) is 5.69 Å². The maximum Gasteiger partial charge on any atom is 0.352 e. The van der Waals surface area contributed by atoms with E-state index in [0.717, 1.165) is 52.9 Å². The number of benzene rings is 2. The first-order chi connectivity index (χ1) is 16.3. The van der Waals surface area contributed by atoms with Gasteiger partial charge in [-0.25, -0.2) is 4.79 Å². The van der Waals surface area contributed by atoms with Crippen LogP contribution < -0.4 is 4.90 Å². The number of anilines is 1. The minimum absolute atomic E-state index is 0.122. The van der Waals surface area contributed by atoms with Crippen LogP contribution in [-0.2, 0) is 13.1 Å². The molecule has 174 valence electrons. The number of aromatic nitrogens is 1. The maximum atomic E-state index is 13.8. The number of carboxylic acids is 1. The van der Waals surface area contributed by atoms with Crippen LogP contribution in [0, 0.1) is 6.92 Å². The second kappa shape index (κ2) is 8.61. The average Bonchev–Trinajstić information content (AvgIpc) is 3.14. The molecule has 5 rings (SSSR count). The molecule has 6 nitrogen and oxygen atoms in total. The third kappa shape index (κ3) is 3.74. The van der Waals surface area contributed by atoms with Crippen LogP contribution in [0.2, 0.25) is 0 Å². The first-order valence-corrected chi connectivity index (χ1v) is 11.7. The zero-order valence-electron chi connectivity index (χ0n) is 19.4. The van der Waals surface area contributed by atoms with Crippen LogP contribution >= 0.6 is 0 Å².